The predicted molar refractivity (Wildman–Crippen MR) is 546 cm³/mol. The minimum absolute atomic E-state index is 0.203. The molecule has 0 radical (unpaired) electrons. The molecule has 12 nitrogen and oxygen atoms in total. The molecule has 0 bridgehead atoms. The maximum atomic E-state index is 8.31. The Hall–Kier alpha value is -12.2. The van der Waals surface area contributed by atoms with Gasteiger partial charge >= 0.3 is 41.1 Å². The van der Waals surface area contributed by atoms with Gasteiger partial charge < -0.3 is 0 Å². The molecule has 2 saturated carbocycles. The van der Waals surface area contributed by atoms with Crippen molar-refractivity contribution < 1.29 is 37.0 Å². The molecule has 0 saturated heterocycles. The molecule has 12 aromatic rings. The van der Waals surface area contributed by atoms with Crippen LogP contribution in [0.15, 0.2) is 285 Å². The fourth-order valence-electron chi connectivity index (χ4n) is 19.2. The van der Waals surface area contributed by atoms with Crippen molar-refractivity contribution in [2.75, 3.05) is 28.9 Å². The normalized spacial score (nSPS) is 16.3. The molecule has 6 aliphatic heterocycles. The zero-order valence-electron chi connectivity index (χ0n) is 84.7. The van der Waals surface area contributed by atoms with Crippen LogP contribution < -0.4 is 56.3 Å². The summed E-state index contributed by atoms with van der Waals surface area (Å²) >= 11 is 0. The van der Waals surface area contributed by atoms with Crippen molar-refractivity contribution >= 4 is 147 Å². The first kappa shape index (κ1) is 80.7. The molecule has 638 valence electrons. The number of anilines is 12. The van der Waals surface area contributed by atoms with Gasteiger partial charge in [0.15, 0.2) is 0 Å². The SMILES string of the molecule is CB1C=Cc2ccccc2N1c1cc(C)cc[n+]1C.CB1C=Cc2ccccc2N1c1cc(C2CCCC2)cc[n+]1C.CB1C=Cc2ccccc2N1c1cc(CC2CCCCC2)cc[n+]1C.[2H]C(C)(C)c1cc[n+](C)c(N2B(C)C=Cc3ccccc32)c1.[2H]C([2H])([2H])c1c[n+](C)c(N2B(C)C=Cc3ccccc32)cc1C.[2H]C([2H])([2H])c1ccc(N2B(C)C=Cc3ccccc32)[n+](C)c1. The molecular weight excluding hydrogens is 1540 g/mol. The van der Waals surface area contributed by atoms with Crippen molar-refractivity contribution in [1.82, 2.24) is 0 Å². The Kier molecular flexibility index (Phi) is 25.8. The summed E-state index contributed by atoms with van der Waals surface area (Å²) in [5.74, 6) is 21.3. The van der Waals surface area contributed by atoms with E-state index in [0.717, 1.165) is 51.8 Å². The van der Waals surface area contributed by atoms with E-state index < -0.39 is 19.6 Å². The van der Waals surface area contributed by atoms with E-state index in [1.54, 1.807) is 18.5 Å². The van der Waals surface area contributed by atoms with Gasteiger partial charge in [-0.15, -0.1) is 0 Å². The second kappa shape index (κ2) is 40.7. The van der Waals surface area contributed by atoms with Crippen LogP contribution in [0.25, 0.3) is 36.5 Å². The average Bonchev–Trinajstić information content (AvgIpc) is 0.835. The van der Waals surface area contributed by atoms with Crippen molar-refractivity contribution in [1.29, 1.82) is 0 Å². The van der Waals surface area contributed by atoms with Crippen LogP contribution in [0.3, 0.4) is 0 Å². The first-order valence-corrected chi connectivity index (χ1v) is 46.0. The van der Waals surface area contributed by atoms with Crippen LogP contribution in [-0.2, 0) is 48.7 Å². The second-order valence-corrected chi connectivity index (χ2v) is 36.1. The van der Waals surface area contributed by atoms with Gasteiger partial charge in [-0.2, -0.15) is 0 Å². The summed E-state index contributed by atoms with van der Waals surface area (Å²) in [6, 6.07) is 74.4. The number of pyridine rings is 6. The number of aryl methyl sites for hydroxylation is 10. The topological polar surface area (TPSA) is 42.7 Å². The maximum absolute atomic E-state index is 8.31. The Bertz CT molecular complexity index is 6410. The van der Waals surface area contributed by atoms with E-state index in [1.165, 1.54) is 154 Å². The lowest BCUT2D eigenvalue weighted by Crippen LogP contribution is -2.43. The minimum Gasteiger partial charge on any atom is -0.287 e. The largest absolute Gasteiger partial charge is 0.402 e. The zero-order chi connectivity index (χ0) is 95.0. The highest BCUT2D eigenvalue weighted by atomic mass is 15.2. The van der Waals surface area contributed by atoms with Gasteiger partial charge in [0.2, 0.25) is 0 Å². The summed E-state index contributed by atoms with van der Waals surface area (Å²) in [6.07, 6.45) is 39.0. The van der Waals surface area contributed by atoms with E-state index >= 15 is 0 Å². The van der Waals surface area contributed by atoms with Crippen LogP contribution in [0.5, 0.6) is 0 Å². The lowest BCUT2D eigenvalue weighted by molar-refractivity contribution is -0.658. The van der Waals surface area contributed by atoms with Gasteiger partial charge in [-0.25, -0.2) is 27.4 Å². The van der Waals surface area contributed by atoms with Crippen molar-refractivity contribution in [3.05, 3.63) is 358 Å². The Balaban J connectivity index is 0.000000123. The van der Waals surface area contributed by atoms with Crippen LogP contribution >= 0.6 is 0 Å². The minimum atomic E-state index is -2.09. The molecule has 0 spiro atoms. The van der Waals surface area contributed by atoms with Gasteiger partial charge in [0.25, 0.3) is 34.9 Å². The molecule has 8 aliphatic rings. The first-order chi connectivity index (χ1) is 64.2. The third kappa shape index (κ3) is 20.5. The van der Waals surface area contributed by atoms with Gasteiger partial charge in [0.05, 0.1) is 79.5 Å². The summed E-state index contributed by atoms with van der Waals surface area (Å²) < 4.78 is 66.6. The van der Waals surface area contributed by atoms with E-state index in [0.29, 0.717) is 31.7 Å². The smallest absolute Gasteiger partial charge is 0.287 e. The highest BCUT2D eigenvalue weighted by Gasteiger charge is 2.40. The highest BCUT2D eigenvalue weighted by Crippen LogP contribution is 2.42. The van der Waals surface area contributed by atoms with E-state index in [1.807, 2.05) is 86.5 Å². The molecule has 6 aromatic heterocycles. The van der Waals surface area contributed by atoms with Gasteiger partial charge in [0, 0.05) is 79.4 Å². The molecule has 12 heterocycles. The van der Waals surface area contributed by atoms with Crippen LogP contribution in [-0.4, -0.2) is 41.1 Å². The fraction of sp³-hybridized carbons (Fsp3) is 0.284. The van der Waals surface area contributed by atoms with Crippen molar-refractivity contribution in [2.24, 2.45) is 48.2 Å². The third-order valence-corrected chi connectivity index (χ3v) is 26.4. The molecule has 2 fully saturated rings. The Morgan fingerprint density at radius 3 is 1.08 bits per heavy atom. The van der Waals surface area contributed by atoms with Crippen LogP contribution in [0, 0.1) is 33.5 Å². The maximum Gasteiger partial charge on any atom is 0.402 e. The summed E-state index contributed by atoms with van der Waals surface area (Å²) in [6.45, 7) is 18.7. The Labute approximate surface area is 772 Å². The number of nitrogens with zero attached hydrogens (tertiary/aromatic N) is 12. The van der Waals surface area contributed by atoms with Gasteiger partial charge in [-0.3, -0.25) is 28.9 Å². The molecule has 2 aliphatic carbocycles. The quantitative estimate of drug-likeness (QED) is 0.100. The van der Waals surface area contributed by atoms with E-state index in [4.69, 9.17) is 9.60 Å². The predicted octanol–water partition coefficient (Wildman–Crippen LogP) is 23.2. The number of hydrogen-bond donors (Lipinski definition) is 0. The molecule has 0 unspecified atom stereocenters. The molecule has 127 heavy (non-hydrogen) atoms. The number of benzene rings is 6. The second-order valence-electron chi connectivity index (χ2n) is 36.1. The molecule has 0 amide bonds. The lowest BCUT2D eigenvalue weighted by atomic mass is 9.60. The van der Waals surface area contributed by atoms with E-state index in [2.05, 4.69) is 384 Å². The lowest BCUT2D eigenvalue weighted by Gasteiger charge is -2.27. The van der Waals surface area contributed by atoms with E-state index in [-0.39, 0.29) is 20.5 Å². The van der Waals surface area contributed by atoms with Crippen molar-refractivity contribution in [2.45, 2.75) is 158 Å². The zero-order valence-corrected chi connectivity index (χ0v) is 77.7. The molecule has 20 rings (SSSR count). The fourth-order valence-corrected chi connectivity index (χ4v) is 19.2. The summed E-state index contributed by atoms with van der Waals surface area (Å²) in [4.78, 5) is 14.1. The Morgan fingerprint density at radius 1 is 0.331 bits per heavy atom. The highest BCUT2D eigenvalue weighted by molar-refractivity contribution is 6.72. The summed E-state index contributed by atoms with van der Waals surface area (Å²) in [7, 11) is 12.3. The third-order valence-electron chi connectivity index (χ3n) is 26.4. The van der Waals surface area contributed by atoms with E-state index in [9.17, 15) is 0 Å². The van der Waals surface area contributed by atoms with Crippen LogP contribution in [0.2, 0.25) is 40.9 Å². The average molecular weight is 1680 g/mol. The van der Waals surface area contributed by atoms with Crippen LogP contribution in [0.1, 0.15) is 165 Å². The molecular formula is C109H130B6N12+6. The number of hydrogen-bond acceptors (Lipinski definition) is 6. The summed E-state index contributed by atoms with van der Waals surface area (Å²) in [5.41, 5.74) is 21.7. The standard InChI is InChI=1S/C22H28BN2.C20H24BN2.C18H22BN2.C17H20BN2.2C16H18BN2/c1-23-14-12-20-10-6-7-11-21(20)25(23)22-17-19(13-15-24(22)2)16-18-8-4-3-5-9-18;1-21-13-11-17-9-5-6-10-19(17)23(21)20-15-18(12-14-22(20)2)16-7-3-4-8-16;1-14(2)16-10-12-20(4)18(13-16)21-17-8-6-5-7-15(17)9-11-19(21)3;1-13-11-17(19(4)12-14(13)2)20-16-8-6-5-7-15(16)9-10-18(20)3;1-13-9-11-18(3)16(12-13)19-15-7-5-4-6-14(15)8-10-17(19)2;1-13-8-9-16(18(3)12-13)19-15-7-5-4-6-14(15)10-11-17(19)2/h6-7,10-15,17-18H,3-5,8-9,16H2,1-2H3;5-6,9-16H,3-4,7-8H2,1-2H3;5-14H,1-4H3;5-12H,1-4H3;2*4-12H,1-3H3/q6*+1/i;;14D;2D3;;1D3. The van der Waals surface area contributed by atoms with Gasteiger partial charge in [-0.1, -0.05) is 240 Å². The number of para-hydroxylation sites is 6. The summed E-state index contributed by atoms with van der Waals surface area (Å²) in [5, 5.41) is 0. The molecule has 0 N–H and O–H groups in total. The number of aromatic nitrogens is 6. The number of rotatable bonds is 10. The molecule has 6 aromatic carbocycles. The molecule has 18 heteroatoms. The number of fused-ring (bicyclic) bond motifs is 6. The van der Waals surface area contributed by atoms with Gasteiger partial charge in [-0.05, 0) is 211 Å². The molecule has 0 atom stereocenters. The first-order valence-electron chi connectivity index (χ1n) is 49.5. The van der Waals surface area contributed by atoms with Crippen LogP contribution in [0.4, 0.5) is 69.0 Å². The Morgan fingerprint density at radius 2 is 0.677 bits per heavy atom. The van der Waals surface area contributed by atoms with Crippen molar-refractivity contribution in [3.63, 3.8) is 0 Å². The van der Waals surface area contributed by atoms with Gasteiger partial charge in [0.1, 0.15) is 34.1 Å². The monoisotopic (exact) mass is 1680 g/mol. The van der Waals surface area contributed by atoms with Crippen molar-refractivity contribution in [3.8, 4) is 0 Å².